The van der Waals surface area contributed by atoms with Crippen LogP contribution in [0.25, 0.3) is 5.69 Å². The lowest BCUT2D eigenvalue weighted by molar-refractivity contribution is -0.155. The highest BCUT2D eigenvalue weighted by atomic mass is 19.1. The van der Waals surface area contributed by atoms with Crippen LogP contribution in [0, 0.1) is 25.6 Å². The Kier molecular flexibility index (Phi) is 8.78. The molecular weight excluding hydrogens is 517 g/mol. The van der Waals surface area contributed by atoms with Gasteiger partial charge in [-0.15, -0.1) is 0 Å². The smallest absolute Gasteiger partial charge is 0.306 e. The number of hydrogen-bond acceptors (Lipinski definition) is 6. The number of ether oxygens (including phenoxy) is 1. The summed E-state index contributed by atoms with van der Waals surface area (Å²) < 4.78 is 21.8. The number of halogens is 1. The van der Waals surface area contributed by atoms with Crippen molar-refractivity contribution in [2.45, 2.75) is 84.7 Å². The minimum absolute atomic E-state index is 0.0428. The Balaban J connectivity index is 1.27. The lowest BCUT2D eigenvalue weighted by atomic mass is 9.94. The lowest BCUT2D eigenvalue weighted by Crippen LogP contribution is -2.30. The first-order chi connectivity index (χ1) is 19.6. The number of aryl methyl sites for hydroxylation is 3. The largest absolute Gasteiger partial charge is 0.460 e. The number of esters is 1. The predicted molar refractivity (Wildman–Crippen MR) is 160 cm³/mol. The molecule has 1 aromatic carbocycles. The van der Waals surface area contributed by atoms with Gasteiger partial charge in [0.1, 0.15) is 11.4 Å². The number of carbonyl (C=O) groups excluding carboxylic acids is 1. The molecule has 41 heavy (non-hydrogen) atoms. The van der Waals surface area contributed by atoms with E-state index in [0.29, 0.717) is 23.7 Å². The van der Waals surface area contributed by atoms with E-state index in [1.807, 2.05) is 39.0 Å². The molecule has 5 rings (SSSR count). The van der Waals surface area contributed by atoms with Crippen molar-refractivity contribution < 1.29 is 13.9 Å². The highest BCUT2D eigenvalue weighted by molar-refractivity contribution is 5.71. The van der Waals surface area contributed by atoms with E-state index in [4.69, 9.17) is 9.72 Å². The number of pyridine rings is 1. The van der Waals surface area contributed by atoms with Crippen LogP contribution in [0.2, 0.25) is 0 Å². The topological polar surface area (TPSA) is 72.3 Å². The standard InChI is InChI=1S/C33H44FN5O2/c1-22-31(34)23(2)39(37-22)29-10-6-8-26(18-29)27(19-30(40)41-33(3,4)5)21-38-17-15-24(20-38)11-13-28-14-12-25-9-7-16-35-32(25)36-28/h6,8,10,12,14,18,24,27H,7,9,11,13,15-17,19-21H2,1-5H3,(H,35,36)/t24-,27?/m1/s1. The Bertz CT molecular complexity index is 1380. The summed E-state index contributed by atoms with van der Waals surface area (Å²) in [6.45, 7) is 12.9. The van der Waals surface area contributed by atoms with Gasteiger partial charge in [-0.3, -0.25) is 4.79 Å². The van der Waals surface area contributed by atoms with Crippen molar-refractivity contribution >= 4 is 11.8 Å². The van der Waals surface area contributed by atoms with Crippen molar-refractivity contribution in [2.24, 2.45) is 5.92 Å². The summed E-state index contributed by atoms with van der Waals surface area (Å²) in [6.07, 6.45) is 5.81. The van der Waals surface area contributed by atoms with Crippen molar-refractivity contribution in [1.82, 2.24) is 19.7 Å². The number of anilines is 1. The number of benzene rings is 1. The maximum absolute atomic E-state index is 14.4. The lowest BCUT2D eigenvalue weighted by Gasteiger charge is -2.26. The highest BCUT2D eigenvalue weighted by Gasteiger charge is 2.28. The van der Waals surface area contributed by atoms with Gasteiger partial charge in [-0.1, -0.05) is 18.2 Å². The van der Waals surface area contributed by atoms with E-state index in [-0.39, 0.29) is 17.7 Å². The van der Waals surface area contributed by atoms with Gasteiger partial charge in [0.25, 0.3) is 0 Å². The van der Waals surface area contributed by atoms with Gasteiger partial charge in [0.05, 0.1) is 23.5 Å². The minimum atomic E-state index is -0.538. The van der Waals surface area contributed by atoms with Crippen molar-refractivity contribution in [3.05, 3.63) is 70.4 Å². The maximum atomic E-state index is 14.4. The van der Waals surface area contributed by atoms with E-state index in [9.17, 15) is 9.18 Å². The van der Waals surface area contributed by atoms with E-state index < -0.39 is 5.60 Å². The predicted octanol–water partition coefficient (Wildman–Crippen LogP) is 6.15. The van der Waals surface area contributed by atoms with Crippen LogP contribution in [0.1, 0.15) is 80.6 Å². The molecule has 0 saturated carbocycles. The molecule has 220 valence electrons. The van der Waals surface area contributed by atoms with Gasteiger partial charge in [-0.05, 0) is 109 Å². The quantitative estimate of drug-likeness (QED) is 0.316. The zero-order valence-corrected chi connectivity index (χ0v) is 25.2. The molecule has 4 heterocycles. The van der Waals surface area contributed by atoms with Crippen molar-refractivity contribution in [1.29, 1.82) is 0 Å². The highest BCUT2D eigenvalue weighted by Crippen LogP contribution is 2.30. The minimum Gasteiger partial charge on any atom is -0.460 e. The fourth-order valence-electron chi connectivity index (χ4n) is 6.14. The van der Waals surface area contributed by atoms with E-state index in [1.54, 1.807) is 18.5 Å². The average molecular weight is 562 g/mol. The number of likely N-dealkylation sites (tertiary alicyclic amines) is 1. The molecule has 7 nitrogen and oxygen atoms in total. The van der Waals surface area contributed by atoms with Gasteiger partial charge in [0.2, 0.25) is 0 Å². The number of aromatic nitrogens is 3. The number of nitrogens with one attached hydrogen (secondary N) is 1. The van der Waals surface area contributed by atoms with Crippen molar-refractivity contribution in [3.8, 4) is 5.69 Å². The molecule has 1 saturated heterocycles. The zero-order valence-electron chi connectivity index (χ0n) is 25.2. The van der Waals surface area contributed by atoms with E-state index in [2.05, 4.69) is 33.5 Å². The molecule has 3 aromatic rings. The third-order valence-corrected chi connectivity index (χ3v) is 8.23. The summed E-state index contributed by atoms with van der Waals surface area (Å²) >= 11 is 0. The molecule has 0 aliphatic carbocycles. The average Bonchev–Trinajstić information content (AvgIpc) is 3.49. The van der Waals surface area contributed by atoms with Crippen LogP contribution in [-0.2, 0) is 22.4 Å². The molecule has 0 spiro atoms. The van der Waals surface area contributed by atoms with Gasteiger partial charge >= 0.3 is 5.97 Å². The summed E-state index contributed by atoms with van der Waals surface area (Å²) in [7, 11) is 0. The second-order valence-corrected chi connectivity index (χ2v) is 12.8. The Hall–Kier alpha value is -3.26. The third kappa shape index (κ3) is 7.34. The Morgan fingerprint density at radius 2 is 2.05 bits per heavy atom. The van der Waals surface area contributed by atoms with Crippen LogP contribution in [0.15, 0.2) is 36.4 Å². The number of rotatable bonds is 9. The molecule has 2 aromatic heterocycles. The van der Waals surface area contributed by atoms with Gasteiger partial charge in [-0.25, -0.2) is 14.1 Å². The van der Waals surface area contributed by atoms with Gasteiger partial charge in [-0.2, -0.15) is 5.10 Å². The second-order valence-electron chi connectivity index (χ2n) is 12.8. The molecule has 1 N–H and O–H groups in total. The summed E-state index contributed by atoms with van der Waals surface area (Å²) in [6, 6.07) is 12.4. The molecular formula is C33H44FN5O2. The molecule has 1 fully saturated rings. The Morgan fingerprint density at radius 1 is 1.22 bits per heavy atom. The first-order valence-electron chi connectivity index (χ1n) is 15.0. The summed E-state index contributed by atoms with van der Waals surface area (Å²) in [5.41, 5.74) is 4.65. The molecule has 2 aliphatic heterocycles. The summed E-state index contributed by atoms with van der Waals surface area (Å²) in [5, 5.41) is 7.85. The third-order valence-electron chi connectivity index (χ3n) is 8.23. The fourth-order valence-corrected chi connectivity index (χ4v) is 6.14. The Morgan fingerprint density at radius 3 is 2.80 bits per heavy atom. The number of fused-ring (bicyclic) bond motifs is 1. The van der Waals surface area contributed by atoms with Crippen LogP contribution in [0.5, 0.6) is 0 Å². The summed E-state index contributed by atoms with van der Waals surface area (Å²) in [4.78, 5) is 20.3. The molecule has 2 aliphatic rings. The van der Waals surface area contributed by atoms with Crippen LogP contribution in [0.4, 0.5) is 10.2 Å². The van der Waals surface area contributed by atoms with E-state index in [0.717, 1.165) is 74.6 Å². The van der Waals surface area contributed by atoms with Crippen molar-refractivity contribution in [2.75, 3.05) is 31.5 Å². The van der Waals surface area contributed by atoms with Gasteiger partial charge in [0.15, 0.2) is 5.82 Å². The number of nitrogens with zero attached hydrogens (tertiary/aromatic N) is 4. The molecule has 1 unspecified atom stereocenters. The Labute approximate surface area is 243 Å². The zero-order chi connectivity index (χ0) is 29.1. The van der Waals surface area contributed by atoms with Gasteiger partial charge < -0.3 is 15.0 Å². The van der Waals surface area contributed by atoms with Crippen LogP contribution < -0.4 is 5.32 Å². The first-order valence-corrected chi connectivity index (χ1v) is 15.0. The number of carbonyl (C=O) groups is 1. The van der Waals surface area contributed by atoms with Crippen molar-refractivity contribution in [3.63, 3.8) is 0 Å². The second kappa shape index (κ2) is 12.3. The van der Waals surface area contributed by atoms with Crippen LogP contribution in [0.3, 0.4) is 0 Å². The molecule has 0 radical (unpaired) electrons. The van der Waals surface area contributed by atoms with Gasteiger partial charge in [0, 0.05) is 31.2 Å². The number of hydrogen-bond donors (Lipinski definition) is 1. The molecule has 2 atom stereocenters. The van der Waals surface area contributed by atoms with E-state index in [1.165, 1.54) is 12.0 Å². The van der Waals surface area contributed by atoms with E-state index >= 15 is 0 Å². The molecule has 0 bridgehead atoms. The maximum Gasteiger partial charge on any atom is 0.306 e. The SMILES string of the molecule is Cc1nn(-c2cccc(C(CC(=O)OC(C)(C)C)CN3CC[C@@H](CCc4ccc5c(n4)NCCC5)C3)c2)c(C)c1F. The monoisotopic (exact) mass is 561 g/mol. The fraction of sp³-hybridized carbons (Fsp3) is 0.545. The van der Waals surface area contributed by atoms with Crippen LogP contribution in [-0.4, -0.2) is 57.4 Å². The first kappa shape index (κ1) is 29.2. The van der Waals surface area contributed by atoms with Crippen LogP contribution >= 0.6 is 0 Å². The normalized spacial score (nSPS) is 18.1. The molecule has 8 heteroatoms. The summed E-state index contributed by atoms with van der Waals surface area (Å²) in [5.74, 6) is 1.14. The molecule has 0 amide bonds.